The predicted octanol–water partition coefficient (Wildman–Crippen LogP) is 1.46. The molecule has 1 aliphatic rings. The number of nitrogens with one attached hydrogen (secondary N) is 2. The van der Waals surface area contributed by atoms with Gasteiger partial charge in [-0.3, -0.25) is 4.84 Å². The zero-order valence-corrected chi connectivity index (χ0v) is 8.91. The number of benzene rings is 1. The SMILES string of the molecule is c1ccc(CONC[C@@H]2CCCN2)cc1. The molecule has 2 rings (SSSR count). The molecule has 0 saturated carbocycles. The van der Waals surface area contributed by atoms with Crippen LogP contribution in [0.25, 0.3) is 0 Å². The molecule has 1 aliphatic heterocycles. The molecule has 2 N–H and O–H groups in total. The van der Waals surface area contributed by atoms with Crippen LogP contribution in [-0.4, -0.2) is 19.1 Å². The monoisotopic (exact) mass is 206 g/mol. The molecule has 0 aromatic heterocycles. The summed E-state index contributed by atoms with van der Waals surface area (Å²) in [5.74, 6) is 0. The van der Waals surface area contributed by atoms with Crippen LogP contribution in [0.3, 0.4) is 0 Å². The van der Waals surface area contributed by atoms with E-state index in [0.717, 1.165) is 13.1 Å². The standard InChI is InChI=1S/C12H18N2O/c1-2-5-11(6-3-1)10-15-14-9-12-7-4-8-13-12/h1-3,5-6,12-14H,4,7-10H2/t12-/m0/s1. The van der Waals surface area contributed by atoms with E-state index >= 15 is 0 Å². The van der Waals surface area contributed by atoms with Crippen LogP contribution >= 0.6 is 0 Å². The van der Waals surface area contributed by atoms with E-state index in [1.54, 1.807) is 0 Å². The van der Waals surface area contributed by atoms with Crippen LogP contribution in [0, 0.1) is 0 Å². The Balaban J connectivity index is 1.59. The number of rotatable bonds is 5. The van der Waals surface area contributed by atoms with Gasteiger partial charge < -0.3 is 5.32 Å². The Morgan fingerprint density at radius 2 is 2.20 bits per heavy atom. The zero-order chi connectivity index (χ0) is 10.3. The molecule has 1 atom stereocenters. The molecule has 1 fully saturated rings. The molecular formula is C12H18N2O. The molecule has 1 aromatic rings. The molecule has 1 aromatic carbocycles. The first-order valence-electron chi connectivity index (χ1n) is 5.57. The fourth-order valence-electron chi connectivity index (χ4n) is 1.80. The van der Waals surface area contributed by atoms with E-state index in [1.807, 2.05) is 18.2 Å². The van der Waals surface area contributed by atoms with E-state index in [4.69, 9.17) is 4.84 Å². The summed E-state index contributed by atoms with van der Waals surface area (Å²) in [6, 6.07) is 10.8. The highest BCUT2D eigenvalue weighted by Crippen LogP contribution is 2.03. The quantitative estimate of drug-likeness (QED) is 0.565. The topological polar surface area (TPSA) is 33.3 Å². The van der Waals surface area contributed by atoms with E-state index in [9.17, 15) is 0 Å². The Hall–Kier alpha value is -0.900. The van der Waals surface area contributed by atoms with Crippen LogP contribution in [0.4, 0.5) is 0 Å². The summed E-state index contributed by atoms with van der Waals surface area (Å²) < 4.78 is 0. The van der Waals surface area contributed by atoms with Crippen LogP contribution in [0.1, 0.15) is 18.4 Å². The van der Waals surface area contributed by atoms with Gasteiger partial charge in [0.1, 0.15) is 0 Å². The average Bonchev–Trinajstić information content (AvgIpc) is 2.79. The van der Waals surface area contributed by atoms with E-state index in [-0.39, 0.29) is 0 Å². The molecule has 0 radical (unpaired) electrons. The molecule has 15 heavy (non-hydrogen) atoms. The van der Waals surface area contributed by atoms with Gasteiger partial charge >= 0.3 is 0 Å². The zero-order valence-electron chi connectivity index (χ0n) is 8.91. The number of hydrogen-bond donors (Lipinski definition) is 2. The Morgan fingerprint density at radius 1 is 1.33 bits per heavy atom. The van der Waals surface area contributed by atoms with Crippen molar-refractivity contribution in [2.75, 3.05) is 13.1 Å². The Bertz CT molecular complexity index is 270. The molecule has 0 amide bonds. The Labute approximate surface area is 90.8 Å². The molecule has 82 valence electrons. The van der Waals surface area contributed by atoms with Crippen LogP contribution in [0.15, 0.2) is 30.3 Å². The van der Waals surface area contributed by atoms with E-state index < -0.39 is 0 Å². The van der Waals surface area contributed by atoms with Gasteiger partial charge in [-0.1, -0.05) is 30.3 Å². The van der Waals surface area contributed by atoms with E-state index in [2.05, 4.69) is 22.9 Å². The molecular weight excluding hydrogens is 188 g/mol. The van der Waals surface area contributed by atoms with Gasteiger partial charge in [0.15, 0.2) is 0 Å². The summed E-state index contributed by atoms with van der Waals surface area (Å²) in [6.45, 7) is 2.67. The maximum atomic E-state index is 5.39. The van der Waals surface area contributed by atoms with Gasteiger partial charge in [-0.25, -0.2) is 5.48 Å². The first-order chi connectivity index (χ1) is 7.45. The van der Waals surface area contributed by atoms with Gasteiger partial charge in [0.25, 0.3) is 0 Å². The molecule has 0 unspecified atom stereocenters. The van der Waals surface area contributed by atoms with Crippen molar-refractivity contribution in [1.29, 1.82) is 0 Å². The third-order valence-corrected chi connectivity index (χ3v) is 2.68. The summed E-state index contributed by atoms with van der Waals surface area (Å²) >= 11 is 0. The fourth-order valence-corrected chi connectivity index (χ4v) is 1.80. The van der Waals surface area contributed by atoms with Crippen molar-refractivity contribution in [3.63, 3.8) is 0 Å². The van der Waals surface area contributed by atoms with Crippen molar-refractivity contribution >= 4 is 0 Å². The molecule has 1 heterocycles. The average molecular weight is 206 g/mol. The van der Waals surface area contributed by atoms with Gasteiger partial charge in [0.2, 0.25) is 0 Å². The number of hydrogen-bond acceptors (Lipinski definition) is 3. The molecule has 3 heteroatoms. The maximum absolute atomic E-state index is 5.39. The van der Waals surface area contributed by atoms with Gasteiger partial charge in [0.05, 0.1) is 6.61 Å². The maximum Gasteiger partial charge on any atom is 0.0933 e. The van der Waals surface area contributed by atoms with Gasteiger partial charge in [-0.15, -0.1) is 0 Å². The fraction of sp³-hybridized carbons (Fsp3) is 0.500. The summed E-state index contributed by atoms with van der Waals surface area (Å²) in [5, 5.41) is 3.41. The van der Waals surface area contributed by atoms with Crippen molar-refractivity contribution in [3.8, 4) is 0 Å². The Morgan fingerprint density at radius 3 is 2.93 bits per heavy atom. The van der Waals surface area contributed by atoms with Gasteiger partial charge in [-0.05, 0) is 24.9 Å². The smallest absolute Gasteiger partial charge is 0.0933 e. The lowest BCUT2D eigenvalue weighted by Gasteiger charge is -2.11. The molecule has 1 saturated heterocycles. The van der Waals surface area contributed by atoms with Crippen LogP contribution in [-0.2, 0) is 11.4 Å². The first kappa shape index (κ1) is 10.6. The van der Waals surface area contributed by atoms with Crippen molar-refractivity contribution in [3.05, 3.63) is 35.9 Å². The molecule has 0 bridgehead atoms. The lowest BCUT2D eigenvalue weighted by molar-refractivity contribution is 0.0240. The van der Waals surface area contributed by atoms with Crippen molar-refractivity contribution in [2.45, 2.75) is 25.5 Å². The normalized spacial score (nSPS) is 20.7. The summed E-state index contributed by atoms with van der Waals surface area (Å²) in [7, 11) is 0. The minimum Gasteiger partial charge on any atom is -0.313 e. The lowest BCUT2D eigenvalue weighted by atomic mass is 10.2. The molecule has 0 aliphatic carbocycles. The van der Waals surface area contributed by atoms with Crippen LogP contribution < -0.4 is 10.8 Å². The van der Waals surface area contributed by atoms with Gasteiger partial charge in [-0.2, -0.15) is 0 Å². The second-order valence-electron chi connectivity index (χ2n) is 3.92. The first-order valence-corrected chi connectivity index (χ1v) is 5.57. The van der Waals surface area contributed by atoms with Crippen molar-refractivity contribution < 1.29 is 4.84 Å². The third-order valence-electron chi connectivity index (χ3n) is 2.68. The minimum absolute atomic E-state index is 0.584. The largest absolute Gasteiger partial charge is 0.313 e. The minimum atomic E-state index is 0.584. The Kier molecular flexibility index (Phi) is 4.14. The van der Waals surface area contributed by atoms with E-state index in [0.29, 0.717) is 12.6 Å². The van der Waals surface area contributed by atoms with E-state index in [1.165, 1.54) is 18.4 Å². The summed E-state index contributed by atoms with van der Waals surface area (Å²) in [5.41, 5.74) is 4.21. The predicted molar refractivity (Wildman–Crippen MR) is 60.3 cm³/mol. The highest BCUT2D eigenvalue weighted by Gasteiger charge is 2.12. The second kappa shape index (κ2) is 5.85. The number of hydroxylamine groups is 1. The summed E-state index contributed by atoms with van der Waals surface area (Å²) in [4.78, 5) is 5.39. The lowest BCUT2D eigenvalue weighted by Crippen LogP contribution is -2.33. The van der Waals surface area contributed by atoms with Gasteiger partial charge in [0, 0.05) is 12.6 Å². The highest BCUT2D eigenvalue weighted by atomic mass is 16.6. The van der Waals surface area contributed by atoms with Crippen molar-refractivity contribution in [1.82, 2.24) is 10.8 Å². The van der Waals surface area contributed by atoms with Crippen molar-refractivity contribution in [2.24, 2.45) is 0 Å². The molecule has 3 nitrogen and oxygen atoms in total. The third kappa shape index (κ3) is 3.63. The molecule has 0 spiro atoms. The summed E-state index contributed by atoms with van der Waals surface area (Å²) in [6.07, 6.45) is 2.53. The van der Waals surface area contributed by atoms with Crippen LogP contribution in [0.2, 0.25) is 0 Å². The highest BCUT2D eigenvalue weighted by molar-refractivity contribution is 5.13. The van der Waals surface area contributed by atoms with Crippen LogP contribution in [0.5, 0.6) is 0 Å². The second-order valence-corrected chi connectivity index (χ2v) is 3.92.